The largest absolute Gasteiger partial charge is 0.394 e. The first-order chi connectivity index (χ1) is 6.65. The van der Waals surface area contributed by atoms with Gasteiger partial charge in [0, 0.05) is 14.2 Å². The maximum absolute atomic E-state index is 9.49. The lowest BCUT2D eigenvalue weighted by Crippen LogP contribution is -2.59. The molecule has 0 spiro atoms. The molecule has 0 radical (unpaired) electrons. The molecule has 0 aromatic heterocycles. The quantitative estimate of drug-likeness (QED) is 0.501. The van der Waals surface area contributed by atoms with E-state index in [2.05, 4.69) is 0 Å². The van der Waals surface area contributed by atoms with Crippen molar-refractivity contribution in [1.29, 1.82) is 0 Å². The molecule has 1 aliphatic rings. The fourth-order valence-corrected chi connectivity index (χ4v) is 1.61. The Morgan fingerprint density at radius 2 is 1.71 bits per heavy atom. The van der Waals surface area contributed by atoms with Crippen molar-refractivity contribution in [3.8, 4) is 0 Å². The van der Waals surface area contributed by atoms with Crippen molar-refractivity contribution in [3.63, 3.8) is 0 Å². The molecule has 5 atom stereocenters. The molecule has 1 aliphatic heterocycles. The summed E-state index contributed by atoms with van der Waals surface area (Å²) in [7, 11) is 2.82. The van der Waals surface area contributed by atoms with E-state index in [4.69, 9.17) is 19.3 Å². The molecule has 6 nitrogen and oxygen atoms in total. The Hall–Kier alpha value is -0.240. The Balaban J connectivity index is 2.75. The van der Waals surface area contributed by atoms with Gasteiger partial charge in [0.05, 0.1) is 6.61 Å². The molecule has 1 saturated heterocycles. The van der Waals surface area contributed by atoms with Gasteiger partial charge in [-0.15, -0.1) is 0 Å². The van der Waals surface area contributed by atoms with Gasteiger partial charge < -0.3 is 29.5 Å². The summed E-state index contributed by atoms with van der Waals surface area (Å²) in [6.07, 6.45) is -4.52. The lowest BCUT2D eigenvalue weighted by atomic mass is 9.99. The minimum Gasteiger partial charge on any atom is -0.394 e. The topological polar surface area (TPSA) is 88.4 Å². The van der Waals surface area contributed by atoms with Crippen LogP contribution in [0.25, 0.3) is 0 Å². The molecule has 1 rings (SSSR count). The summed E-state index contributed by atoms with van der Waals surface area (Å²) in [5.74, 6) is 0. The van der Waals surface area contributed by atoms with Gasteiger partial charge in [0.15, 0.2) is 6.29 Å². The van der Waals surface area contributed by atoms with Crippen LogP contribution in [-0.2, 0) is 14.2 Å². The van der Waals surface area contributed by atoms with Crippen LogP contribution in [0.3, 0.4) is 0 Å². The van der Waals surface area contributed by atoms with E-state index in [0.29, 0.717) is 0 Å². The van der Waals surface area contributed by atoms with Crippen molar-refractivity contribution in [3.05, 3.63) is 0 Å². The summed E-state index contributed by atoms with van der Waals surface area (Å²) in [5, 5.41) is 27.7. The highest BCUT2D eigenvalue weighted by Crippen LogP contribution is 2.23. The van der Waals surface area contributed by atoms with Crippen LogP contribution in [-0.4, -0.2) is 66.9 Å². The van der Waals surface area contributed by atoms with Gasteiger partial charge in [0.2, 0.25) is 0 Å². The van der Waals surface area contributed by atoms with Crippen molar-refractivity contribution in [2.24, 2.45) is 0 Å². The third-order valence-corrected chi connectivity index (χ3v) is 2.36. The Kier molecular flexibility index (Phi) is 4.24. The Bertz CT molecular complexity index is 171. The van der Waals surface area contributed by atoms with Gasteiger partial charge in [-0.1, -0.05) is 0 Å². The second-order valence-electron chi connectivity index (χ2n) is 3.14. The molecule has 0 aliphatic carbocycles. The van der Waals surface area contributed by atoms with E-state index in [0.717, 1.165) is 0 Å². The van der Waals surface area contributed by atoms with Crippen molar-refractivity contribution in [2.45, 2.75) is 30.7 Å². The van der Waals surface area contributed by atoms with Crippen molar-refractivity contribution in [2.75, 3.05) is 20.8 Å². The predicted molar refractivity (Wildman–Crippen MR) is 45.6 cm³/mol. The van der Waals surface area contributed by atoms with Crippen LogP contribution in [0.1, 0.15) is 0 Å². The molecular formula is C8H16O6. The Morgan fingerprint density at radius 3 is 2.14 bits per heavy atom. The van der Waals surface area contributed by atoms with Crippen LogP contribution in [0.4, 0.5) is 0 Å². The van der Waals surface area contributed by atoms with Crippen molar-refractivity contribution < 1.29 is 29.5 Å². The third-order valence-electron chi connectivity index (χ3n) is 2.36. The number of hydrogen-bond acceptors (Lipinski definition) is 6. The van der Waals surface area contributed by atoms with E-state index in [-0.39, 0.29) is 6.61 Å². The van der Waals surface area contributed by atoms with Gasteiger partial charge in [-0.3, -0.25) is 0 Å². The standard InChI is InChI=1S/C8H16O6/c1-12-6-4(3-9)14-8(11)5(10)7(6)13-2/h4-11H,3H2,1-2H3/t4?,5?,6-,7?,8+/m0/s1. The van der Waals surface area contributed by atoms with E-state index in [1.807, 2.05) is 0 Å². The Morgan fingerprint density at radius 1 is 1.14 bits per heavy atom. The van der Waals surface area contributed by atoms with Crippen molar-refractivity contribution >= 4 is 0 Å². The molecule has 0 aromatic carbocycles. The molecular weight excluding hydrogens is 192 g/mol. The van der Waals surface area contributed by atoms with Crippen LogP contribution < -0.4 is 0 Å². The molecule has 1 heterocycles. The minimum atomic E-state index is -1.36. The second-order valence-corrected chi connectivity index (χ2v) is 3.14. The highest BCUT2D eigenvalue weighted by Gasteiger charge is 2.44. The number of hydrogen-bond donors (Lipinski definition) is 3. The van der Waals surface area contributed by atoms with Crippen molar-refractivity contribution in [1.82, 2.24) is 0 Å². The summed E-state index contributed by atoms with van der Waals surface area (Å²) >= 11 is 0. The van der Waals surface area contributed by atoms with Gasteiger partial charge in [0.1, 0.15) is 24.4 Å². The first-order valence-corrected chi connectivity index (χ1v) is 4.33. The molecule has 0 saturated carbocycles. The molecule has 3 N–H and O–H groups in total. The zero-order valence-electron chi connectivity index (χ0n) is 8.16. The summed E-state index contributed by atoms with van der Waals surface area (Å²) in [4.78, 5) is 0. The zero-order valence-corrected chi connectivity index (χ0v) is 8.16. The van der Waals surface area contributed by atoms with Gasteiger partial charge >= 0.3 is 0 Å². The molecule has 14 heavy (non-hydrogen) atoms. The molecule has 0 bridgehead atoms. The fourth-order valence-electron chi connectivity index (χ4n) is 1.61. The van der Waals surface area contributed by atoms with E-state index >= 15 is 0 Å². The SMILES string of the molecule is COC1C(O)[C@H](O)OC(CO)[C@@H]1OC. The molecule has 0 aromatic rings. The fraction of sp³-hybridized carbons (Fsp3) is 1.00. The molecule has 1 fully saturated rings. The number of aliphatic hydroxyl groups is 3. The van der Waals surface area contributed by atoms with Gasteiger partial charge in [-0.05, 0) is 0 Å². The monoisotopic (exact) mass is 208 g/mol. The van der Waals surface area contributed by atoms with Crippen LogP contribution in [0.2, 0.25) is 0 Å². The lowest BCUT2D eigenvalue weighted by molar-refractivity contribution is -0.294. The minimum absolute atomic E-state index is 0.303. The van der Waals surface area contributed by atoms with Crippen LogP contribution in [0.15, 0.2) is 0 Å². The van der Waals surface area contributed by atoms with E-state index in [1.54, 1.807) is 0 Å². The second kappa shape index (κ2) is 5.01. The molecule has 3 unspecified atom stereocenters. The number of methoxy groups -OCH3 is 2. The number of aliphatic hydroxyl groups excluding tert-OH is 3. The molecule has 84 valence electrons. The summed E-state index contributed by atoms with van der Waals surface area (Å²) < 4.78 is 15.0. The average Bonchev–Trinajstić information content (AvgIpc) is 2.20. The highest BCUT2D eigenvalue weighted by atomic mass is 16.7. The maximum atomic E-state index is 9.49. The zero-order chi connectivity index (χ0) is 10.7. The van der Waals surface area contributed by atoms with Crippen LogP contribution >= 0.6 is 0 Å². The smallest absolute Gasteiger partial charge is 0.184 e. The van der Waals surface area contributed by atoms with Gasteiger partial charge in [-0.25, -0.2) is 0 Å². The molecule has 0 amide bonds. The maximum Gasteiger partial charge on any atom is 0.184 e. The highest BCUT2D eigenvalue weighted by molar-refractivity contribution is 4.90. The van der Waals surface area contributed by atoms with Gasteiger partial charge in [-0.2, -0.15) is 0 Å². The van der Waals surface area contributed by atoms with Crippen LogP contribution in [0.5, 0.6) is 0 Å². The lowest BCUT2D eigenvalue weighted by Gasteiger charge is -2.40. The average molecular weight is 208 g/mol. The number of rotatable bonds is 3. The summed E-state index contributed by atoms with van der Waals surface area (Å²) in [6, 6.07) is 0. The normalized spacial score (nSPS) is 43.9. The summed E-state index contributed by atoms with van der Waals surface area (Å²) in [5.41, 5.74) is 0. The molecule has 6 heteroatoms. The van der Waals surface area contributed by atoms with E-state index in [1.165, 1.54) is 14.2 Å². The van der Waals surface area contributed by atoms with E-state index in [9.17, 15) is 10.2 Å². The van der Waals surface area contributed by atoms with E-state index < -0.39 is 30.7 Å². The number of ether oxygens (including phenoxy) is 3. The predicted octanol–water partition coefficient (Wildman–Crippen LogP) is -1.91. The van der Waals surface area contributed by atoms with Gasteiger partial charge in [0.25, 0.3) is 0 Å². The van der Waals surface area contributed by atoms with Crippen LogP contribution in [0, 0.1) is 0 Å². The summed E-state index contributed by atoms with van der Waals surface area (Å²) in [6.45, 7) is -0.303. The third kappa shape index (κ3) is 2.05. The Labute approximate surface area is 82.0 Å². The first-order valence-electron chi connectivity index (χ1n) is 4.33. The first kappa shape index (κ1) is 11.8.